The van der Waals surface area contributed by atoms with Crippen molar-refractivity contribution in [1.82, 2.24) is 24.9 Å². The van der Waals surface area contributed by atoms with Crippen LogP contribution in [0.5, 0.6) is 5.75 Å². The van der Waals surface area contributed by atoms with Gasteiger partial charge in [0, 0.05) is 18.9 Å². The number of ether oxygens (including phenoxy) is 1. The van der Waals surface area contributed by atoms with Crippen LogP contribution in [0, 0.1) is 6.92 Å². The minimum Gasteiger partial charge on any atom is -0.471 e. The predicted octanol–water partition coefficient (Wildman–Crippen LogP) is 2.37. The van der Waals surface area contributed by atoms with Gasteiger partial charge in [0.15, 0.2) is 6.73 Å². The smallest absolute Gasteiger partial charge is 0.272 e. The van der Waals surface area contributed by atoms with Crippen LogP contribution < -0.4 is 10.1 Å². The lowest BCUT2D eigenvalue weighted by Gasteiger charge is -2.08. The zero-order chi connectivity index (χ0) is 17.6. The highest BCUT2D eigenvalue weighted by Gasteiger charge is 2.10. The van der Waals surface area contributed by atoms with Crippen LogP contribution in [0.15, 0.2) is 48.8 Å². The van der Waals surface area contributed by atoms with Gasteiger partial charge < -0.3 is 10.1 Å². The fourth-order valence-corrected chi connectivity index (χ4v) is 2.34. The number of carbonyl (C=O) groups excluding carboxylic acids is 1. The summed E-state index contributed by atoms with van der Waals surface area (Å²) in [5, 5.41) is 11.4. The quantitative estimate of drug-likeness (QED) is 0.717. The van der Waals surface area contributed by atoms with Gasteiger partial charge in [0.1, 0.15) is 11.4 Å². The number of carbonyl (C=O) groups is 1. The van der Waals surface area contributed by atoms with Gasteiger partial charge in [-0.05, 0) is 37.6 Å². The van der Waals surface area contributed by atoms with Gasteiger partial charge in [0.05, 0.1) is 12.2 Å². The van der Waals surface area contributed by atoms with Crippen LogP contribution in [-0.2, 0) is 19.8 Å². The van der Waals surface area contributed by atoms with Gasteiger partial charge in [-0.2, -0.15) is 10.2 Å². The minimum atomic E-state index is -0.235. The largest absolute Gasteiger partial charge is 0.471 e. The molecular weight excluding hydrogens is 318 g/mol. The molecule has 0 aliphatic heterocycles. The van der Waals surface area contributed by atoms with E-state index in [1.54, 1.807) is 16.9 Å². The van der Waals surface area contributed by atoms with Crippen molar-refractivity contribution in [3.63, 3.8) is 0 Å². The maximum absolute atomic E-state index is 12.2. The summed E-state index contributed by atoms with van der Waals surface area (Å²) < 4.78 is 9.13. The third kappa shape index (κ3) is 4.26. The zero-order valence-electron chi connectivity index (χ0n) is 14.3. The number of hydrogen-bond donors (Lipinski definition) is 1. The number of aromatic nitrogens is 4. The van der Waals surface area contributed by atoms with Crippen LogP contribution in [0.25, 0.3) is 0 Å². The summed E-state index contributed by atoms with van der Waals surface area (Å²) in [6, 6.07) is 11.3. The van der Waals surface area contributed by atoms with Gasteiger partial charge in [0.25, 0.3) is 5.91 Å². The molecule has 25 heavy (non-hydrogen) atoms. The molecule has 2 aromatic heterocycles. The molecule has 1 aromatic carbocycles. The van der Waals surface area contributed by atoms with Crippen LogP contribution >= 0.6 is 0 Å². The van der Waals surface area contributed by atoms with E-state index in [9.17, 15) is 4.79 Å². The van der Waals surface area contributed by atoms with Crippen molar-refractivity contribution >= 4 is 5.91 Å². The van der Waals surface area contributed by atoms with Crippen molar-refractivity contribution in [1.29, 1.82) is 0 Å². The van der Waals surface area contributed by atoms with E-state index in [2.05, 4.69) is 15.5 Å². The molecule has 2 heterocycles. The number of nitrogens with one attached hydrogen (secondary N) is 1. The molecule has 0 saturated carbocycles. The van der Waals surface area contributed by atoms with Gasteiger partial charge >= 0.3 is 0 Å². The summed E-state index contributed by atoms with van der Waals surface area (Å²) in [6.07, 6.45) is 3.61. The van der Waals surface area contributed by atoms with Crippen molar-refractivity contribution in [2.75, 3.05) is 0 Å². The first-order chi connectivity index (χ1) is 12.2. The van der Waals surface area contributed by atoms with Crippen LogP contribution in [0.3, 0.4) is 0 Å². The van der Waals surface area contributed by atoms with Gasteiger partial charge in [-0.15, -0.1) is 0 Å². The topological polar surface area (TPSA) is 74.0 Å². The molecule has 1 N–H and O–H groups in total. The lowest BCUT2D eigenvalue weighted by atomic mass is 10.2. The molecule has 7 nitrogen and oxygen atoms in total. The number of hydrogen-bond acceptors (Lipinski definition) is 4. The first kappa shape index (κ1) is 16.8. The number of benzene rings is 1. The highest BCUT2D eigenvalue weighted by molar-refractivity contribution is 5.92. The third-order valence-corrected chi connectivity index (χ3v) is 3.77. The van der Waals surface area contributed by atoms with Crippen LogP contribution in [0.2, 0.25) is 0 Å². The average Bonchev–Trinajstić information content (AvgIpc) is 3.28. The summed E-state index contributed by atoms with van der Waals surface area (Å²) in [5.74, 6) is 0.566. The summed E-state index contributed by atoms with van der Waals surface area (Å²) >= 11 is 0. The number of rotatable bonds is 7. The second kappa shape index (κ2) is 7.65. The van der Waals surface area contributed by atoms with Crippen molar-refractivity contribution in [3.8, 4) is 5.75 Å². The molecule has 0 aliphatic rings. The first-order valence-electron chi connectivity index (χ1n) is 8.18. The molecule has 7 heteroatoms. The molecule has 0 fully saturated rings. The monoisotopic (exact) mass is 339 g/mol. The van der Waals surface area contributed by atoms with E-state index in [0.717, 1.165) is 23.6 Å². The second-order valence-electron chi connectivity index (χ2n) is 5.62. The average molecular weight is 339 g/mol. The van der Waals surface area contributed by atoms with E-state index in [-0.39, 0.29) is 12.6 Å². The molecular formula is C18H21N5O2. The Labute approximate surface area is 146 Å². The molecule has 1 amide bonds. The Bertz CT molecular complexity index is 853. The molecule has 0 bridgehead atoms. The van der Waals surface area contributed by atoms with E-state index >= 15 is 0 Å². The highest BCUT2D eigenvalue weighted by atomic mass is 16.5. The molecule has 3 aromatic rings. The number of para-hydroxylation sites is 1. The highest BCUT2D eigenvalue weighted by Crippen LogP contribution is 2.16. The molecule has 0 atom stereocenters. The maximum atomic E-state index is 12.2. The van der Waals surface area contributed by atoms with Gasteiger partial charge in [-0.1, -0.05) is 18.2 Å². The fourth-order valence-electron chi connectivity index (χ4n) is 2.34. The summed E-state index contributed by atoms with van der Waals surface area (Å²) in [5.41, 5.74) is 2.22. The molecule has 130 valence electrons. The maximum Gasteiger partial charge on any atom is 0.272 e. The van der Waals surface area contributed by atoms with Crippen LogP contribution in [-0.4, -0.2) is 25.5 Å². The number of nitrogens with zero attached hydrogens (tertiary/aromatic N) is 4. The summed E-state index contributed by atoms with van der Waals surface area (Å²) in [6.45, 7) is 5.43. The zero-order valence-corrected chi connectivity index (χ0v) is 14.3. The predicted molar refractivity (Wildman–Crippen MR) is 93.1 cm³/mol. The van der Waals surface area contributed by atoms with Crippen LogP contribution in [0.4, 0.5) is 0 Å². The Hall–Kier alpha value is -3.09. The van der Waals surface area contributed by atoms with E-state index in [1.165, 1.54) is 0 Å². The number of aryl methyl sites for hydroxylation is 2. The SMILES string of the molecule is CCn1ccc(CNC(=O)c2ccn(COc3ccccc3C)n2)n1. The van der Waals surface area contributed by atoms with Gasteiger partial charge in [-0.25, -0.2) is 4.68 Å². The van der Waals surface area contributed by atoms with E-state index in [4.69, 9.17) is 4.74 Å². The van der Waals surface area contributed by atoms with Crippen molar-refractivity contribution in [2.24, 2.45) is 0 Å². The Morgan fingerprint density at radius 2 is 1.92 bits per heavy atom. The van der Waals surface area contributed by atoms with E-state index in [0.29, 0.717) is 12.2 Å². The minimum absolute atomic E-state index is 0.235. The van der Waals surface area contributed by atoms with Crippen molar-refractivity contribution in [2.45, 2.75) is 33.7 Å². The van der Waals surface area contributed by atoms with Crippen molar-refractivity contribution in [3.05, 3.63) is 65.7 Å². The van der Waals surface area contributed by atoms with E-state index < -0.39 is 0 Å². The van der Waals surface area contributed by atoms with Crippen LogP contribution in [0.1, 0.15) is 28.7 Å². The standard InChI is InChI=1S/C18H21N5O2/c1-3-22-10-8-15(20-22)12-19-18(24)16-9-11-23(21-16)13-25-17-7-5-4-6-14(17)2/h4-11H,3,12-13H2,1-2H3,(H,19,24). The molecule has 0 saturated heterocycles. The lowest BCUT2D eigenvalue weighted by molar-refractivity contribution is 0.0943. The Morgan fingerprint density at radius 1 is 1.12 bits per heavy atom. The summed E-state index contributed by atoms with van der Waals surface area (Å²) in [7, 11) is 0. The summed E-state index contributed by atoms with van der Waals surface area (Å²) in [4.78, 5) is 12.2. The molecule has 0 aliphatic carbocycles. The van der Waals surface area contributed by atoms with Gasteiger partial charge in [0.2, 0.25) is 0 Å². The van der Waals surface area contributed by atoms with E-state index in [1.807, 2.05) is 55.1 Å². The normalized spacial score (nSPS) is 10.6. The molecule has 0 unspecified atom stereocenters. The number of amides is 1. The molecule has 3 rings (SSSR count). The Kier molecular flexibility index (Phi) is 5.13. The van der Waals surface area contributed by atoms with Gasteiger partial charge in [-0.3, -0.25) is 9.48 Å². The molecule has 0 spiro atoms. The lowest BCUT2D eigenvalue weighted by Crippen LogP contribution is -2.24. The fraction of sp³-hybridized carbons (Fsp3) is 0.278. The Morgan fingerprint density at radius 3 is 2.68 bits per heavy atom. The third-order valence-electron chi connectivity index (χ3n) is 3.77. The van der Waals surface area contributed by atoms with Crippen molar-refractivity contribution < 1.29 is 9.53 Å². The first-order valence-corrected chi connectivity index (χ1v) is 8.18. The molecule has 0 radical (unpaired) electrons. The Balaban J connectivity index is 1.53. The second-order valence-corrected chi connectivity index (χ2v) is 5.62.